The Hall–Kier alpha value is -0.820. The van der Waals surface area contributed by atoms with Gasteiger partial charge in [0, 0.05) is 17.9 Å². The molecule has 0 spiro atoms. The molecule has 88 valence electrons. The van der Waals surface area contributed by atoms with Crippen LogP contribution in [0.15, 0.2) is 24.3 Å². The molecule has 0 radical (unpaired) electrons. The van der Waals surface area contributed by atoms with E-state index < -0.39 is 0 Å². The molecular formula is C14H19ClO. The zero-order chi connectivity index (χ0) is 11.8. The molecule has 0 aliphatic heterocycles. The highest BCUT2D eigenvalue weighted by Gasteiger charge is 2.04. The summed E-state index contributed by atoms with van der Waals surface area (Å²) in [6.45, 7) is 2.16. The number of carbonyl (C=O) groups is 1. The summed E-state index contributed by atoms with van der Waals surface area (Å²) < 4.78 is 0. The topological polar surface area (TPSA) is 17.1 Å². The third-order valence-corrected chi connectivity index (χ3v) is 2.87. The van der Waals surface area contributed by atoms with E-state index in [1.165, 1.54) is 5.56 Å². The van der Waals surface area contributed by atoms with Crippen molar-refractivity contribution in [2.75, 3.05) is 5.88 Å². The molecule has 0 N–H and O–H groups in total. The second kappa shape index (κ2) is 7.45. The van der Waals surface area contributed by atoms with Crippen molar-refractivity contribution in [3.05, 3.63) is 35.4 Å². The number of Topliss-reactive ketones (excluding diaryl/α,β-unsaturated/α-hetero) is 1. The van der Waals surface area contributed by atoms with Crippen LogP contribution in [0, 0.1) is 0 Å². The maximum atomic E-state index is 11.7. The highest BCUT2D eigenvalue weighted by atomic mass is 35.5. The molecule has 0 aliphatic carbocycles. The number of aryl methyl sites for hydroxylation is 1. The minimum Gasteiger partial charge on any atom is -0.294 e. The lowest BCUT2D eigenvalue weighted by Gasteiger charge is -2.02. The zero-order valence-electron chi connectivity index (χ0n) is 9.84. The van der Waals surface area contributed by atoms with Gasteiger partial charge in [0.05, 0.1) is 0 Å². The van der Waals surface area contributed by atoms with Crippen LogP contribution in [0.1, 0.15) is 48.5 Å². The molecule has 0 unspecified atom stereocenters. The molecule has 0 fully saturated rings. The fourth-order valence-electron chi connectivity index (χ4n) is 1.67. The van der Waals surface area contributed by atoms with Crippen LogP contribution in [0.25, 0.3) is 0 Å². The van der Waals surface area contributed by atoms with Crippen LogP contribution in [0.3, 0.4) is 0 Å². The summed E-state index contributed by atoms with van der Waals surface area (Å²) in [5, 5.41) is 0. The first-order chi connectivity index (χ1) is 7.77. The second-order valence-electron chi connectivity index (χ2n) is 4.02. The Morgan fingerprint density at radius 3 is 2.44 bits per heavy atom. The SMILES string of the molecule is CCCc1ccc(C(=O)CCCCCl)cc1. The van der Waals surface area contributed by atoms with Gasteiger partial charge in [0.2, 0.25) is 0 Å². The number of alkyl halides is 1. The molecule has 1 aromatic carbocycles. The summed E-state index contributed by atoms with van der Waals surface area (Å²) in [5.74, 6) is 0.871. The predicted molar refractivity (Wildman–Crippen MR) is 69.3 cm³/mol. The van der Waals surface area contributed by atoms with Crippen LogP contribution in [0.2, 0.25) is 0 Å². The van der Waals surface area contributed by atoms with E-state index in [2.05, 4.69) is 19.1 Å². The summed E-state index contributed by atoms with van der Waals surface area (Å²) in [6.07, 6.45) is 4.64. The molecule has 0 heterocycles. The Labute approximate surface area is 103 Å². The number of ketones is 1. The number of carbonyl (C=O) groups excluding carboxylic acids is 1. The number of unbranched alkanes of at least 4 members (excludes halogenated alkanes) is 1. The van der Waals surface area contributed by atoms with Crippen LogP contribution in [0.5, 0.6) is 0 Å². The molecule has 2 heteroatoms. The van der Waals surface area contributed by atoms with E-state index in [1.807, 2.05) is 12.1 Å². The molecule has 0 saturated carbocycles. The van der Waals surface area contributed by atoms with E-state index in [4.69, 9.17) is 11.6 Å². The van der Waals surface area contributed by atoms with Crippen molar-refractivity contribution >= 4 is 17.4 Å². The van der Waals surface area contributed by atoms with Crippen molar-refractivity contribution in [2.24, 2.45) is 0 Å². The van der Waals surface area contributed by atoms with E-state index >= 15 is 0 Å². The number of hydrogen-bond donors (Lipinski definition) is 0. The lowest BCUT2D eigenvalue weighted by Crippen LogP contribution is -1.99. The number of hydrogen-bond acceptors (Lipinski definition) is 1. The molecule has 0 amide bonds. The summed E-state index contributed by atoms with van der Waals surface area (Å²) in [4.78, 5) is 11.7. The van der Waals surface area contributed by atoms with Crippen LogP contribution >= 0.6 is 11.6 Å². The highest BCUT2D eigenvalue weighted by Crippen LogP contribution is 2.10. The maximum absolute atomic E-state index is 11.7. The molecule has 0 saturated heterocycles. The fourth-order valence-corrected chi connectivity index (χ4v) is 1.86. The van der Waals surface area contributed by atoms with Gasteiger partial charge in [-0.2, -0.15) is 0 Å². The van der Waals surface area contributed by atoms with Crippen LogP contribution in [-0.2, 0) is 6.42 Å². The van der Waals surface area contributed by atoms with Crippen LogP contribution in [0.4, 0.5) is 0 Å². The normalized spacial score (nSPS) is 10.4. The van der Waals surface area contributed by atoms with Gasteiger partial charge < -0.3 is 0 Å². The summed E-state index contributed by atoms with van der Waals surface area (Å²) in [7, 11) is 0. The Bertz CT molecular complexity index is 316. The highest BCUT2D eigenvalue weighted by molar-refractivity contribution is 6.17. The van der Waals surface area contributed by atoms with Crippen molar-refractivity contribution in [1.82, 2.24) is 0 Å². The Morgan fingerprint density at radius 1 is 1.19 bits per heavy atom. The van der Waals surface area contributed by atoms with Gasteiger partial charge in [-0.05, 0) is 24.8 Å². The minimum atomic E-state index is 0.230. The van der Waals surface area contributed by atoms with E-state index in [0.29, 0.717) is 12.3 Å². The van der Waals surface area contributed by atoms with E-state index in [-0.39, 0.29) is 5.78 Å². The third kappa shape index (κ3) is 4.36. The number of rotatable bonds is 7. The molecule has 0 atom stereocenters. The summed E-state index contributed by atoms with van der Waals surface area (Å²) in [6, 6.07) is 7.98. The monoisotopic (exact) mass is 238 g/mol. The standard InChI is InChI=1S/C14H19ClO/c1-2-5-12-7-9-13(10-8-12)14(16)6-3-4-11-15/h7-10H,2-6,11H2,1H3. The van der Waals surface area contributed by atoms with Crippen molar-refractivity contribution in [3.63, 3.8) is 0 Å². The van der Waals surface area contributed by atoms with Gasteiger partial charge in [-0.25, -0.2) is 0 Å². The van der Waals surface area contributed by atoms with Gasteiger partial charge in [-0.3, -0.25) is 4.79 Å². The first-order valence-corrected chi connectivity index (χ1v) is 6.49. The zero-order valence-corrected chi connectivity index (χ0v) is 10.6. The largest absolute Gasteiger partial charge is 0.294 e. The Kier molecular flexibility index (Phi) is 6.17. The van der Waals surface area contributed by atoms with E-state index in [9.17, 15) is 4.79 Å². The number of halogens is 1. The average molecular weight is 239 g/mol. The summed E-state index contributed by atoms with van der Waals surface area (Å²) in [5.41, 5.74) is 2.13. The molecule has 16 heavy (non-hydrogen) atoms. The molecule has 0 aromatic heterocycles. The third-order valence-electron chi connectivity index (χ3n) is 2.60. The maximum Gasteiger partial charge on any atom is 0.162 e. The molecule has 1 aromatic rings. The Morgan fingerprint density at radius 2 is 1.88 bits per heavy atom. The van der Waals surface area contributed by atoms with Gasteiger partial charge in [-0.1, -0.05) is 37.6 Å². The first kappa shape index (κ1) is 13.2. The number of benzene rings is 1. The van der Waals surface area contributed by atoms with E-state index in [1.54, 1.807) is 0 Å². The molecule has 0 aliphatic rings. The molecule has 1 nitrogen and oxygen atoms in total. The van der Waals surface area contributed by atoms with E-state index in [0.717, 1.165) is 31.2 Å². The van der Waals surface area contributed by atoms with Crippen LogP contribution < -0.4 is 0 Å². The fraction of sp³-hybridized carbons (Fsp3) is 0.500. The smallest absolute Gasteiger partial charge is 0.162 e. The van der Waals surface area contributed by atoms with Crippen molar-refractivity contribution in [1.29, 1.82) is 0 Å². The molecule has 1 rings (SSSR count). The van der Waals surface area contributed by atoms with Gasteiger partial charge in [0.25, 0.3) is 0 Å². The average Bonchev–Trinajstić information content (AvgIpc) is 2.30. The Balaban J connectivity index is 2.49. The lowest BCUT2D eigenvalue weighted by molar-refractivity contribution is 0.0980. The molecular weight excluding hydrogens is 220 g/mol. The molecule has 0 bridgehead atoms. The van der Waals surface area contributed by atoms with Crippen LogP contribution in [-0.4, -0.2) is 11.7 Å². The predicted octanol–water partition coefficient (Wildman–Crippen LogP) is 4.23. The second-order valence-corrected chi connectivity index (χ2v) is 4.39. The van der Waals surface area contributed by atoms with Gasteiger partial charge in [-0.15, -0.1) is 11.6 Å². The van der Waals surface area contributed by atoms with Gasteiger partial charge >= 0.3 is 0 Å². The quantitative estimate of drug-likeness (QED) is 0.395. The van der Waals surface area contributed by atoms with Gasteiger partial charge in [0.1, 0.15) is 0 Å². The lowest BCUT2D eigenvalue weighted by atomic mass is 10.0. The van der Waals surface area contributed by atoms with Gasteiger partial charge in [0.15, 0.2) is 5.78 Å². The van der Waals surface area contributed by atoms with Crippen molar-refractivity contribution in [3.8, 4) is 0 Å². The summed E-state index contributed by atoms with van der Waals surface area (Å²) >= 11 is 5.58. The van der Waals surface area contributed by atoms with Crippen molar-refractivity contribution < 1.29 is 4.79 Å². The van der Waals surface area contributed by atoms with Crippen molar-refractivity contribution in [2.45, 2.75) is 39.0 Å². The first-order valence-electron chi connectivity index (χ1n) is 5.96. The minimum absolute atomic E-state index is 0.230.